The molecule has 2 fully saturated rings. The Balaban J connectivity index is 1.32. The van der Waals surface area contributed by atoms with Crippen molar-refractivity contribution in [3.8, 4) is 16.9 Å². The lowest BCUT2D eigenvalue weighted by atomic mass is 9.95. The number of aromatic nitrogens is 3. The first kappa shape index (κ1) is 21.5. The quantitative estimate of drug-likeness (QED) is 0.501. The number of anilines is 1. The maximum Gasteiger partial charge on any atom is 0.138 e. The lowest BCUT2D eigenvalue weighted by Crippen LogP contribution is -2.38. The molecule has 1 aliphatic heterocycles. The Morgan fingerprint density at radius 3 is 2.84 bits per heavy atom. The highest BCUT2D eigenvalue weighted by Gasteiger charge is 2.16. The van der Waals surface area contributed by atoms with Crippen molar-refractivity contribution >= 4 is 28.5 Å². The SMILES string of the molecule is Clc1cc(-c2c[nH]c3ncc(OCCN4CCOCC4)cc23)cc(NC2CCCCC2)n1. The Morgan fingerprint density at radius 1 is 1.16 bits per heavy atom. The highest BCUT2D eigenvalue weighted by molar-refractivity contribution is 6.29. The summed E-state index contributed by atoms with van der Waals surface area (Å²) in [5, 5.41) is 5.08. The predicted molar refractivity (Wildman–Crippen MR) is 128 cm³/mol. The van der Waals surface area contributed by atoms with Crippen LogP contribution in [0.2, 0.25) is 5.15 Å². The number of morpholine rings is 1. The maximum absolute atomic E-state index is 6.39. The van der Waals surface area contributed by atoms with E-state index >= 15 is 0 Å². The van der Waals surface area contributed by atoms with E-state index in [2.05, 4.69) is 37.3 Å². The van der Waals surface area contributed by atoms with Crippen LogP contribution in [-0.2, 0) is 4.74 Å². The number of aromatic amines is 1. The van der Waals surface area contributed by atoms with Gasteiger partial charge in [0.1, 0.15) is 29.0 Å². The van der Waals surface area contributed by atoms with Crippen LogP contribution < -0.4 is 10.1 Å². The molecule has 1 aliphatic carbocycles. The van der Waals surface area contributed by atoms with E-state index in [1.165, 1.54) is 32.1 Å². The smallest absolute Gasteiger partial charge is 0.138 e. The maximum atomic E-state index is 6.39. The van der Waals surface area contributed by atoms with E-state index in [0.717, 1.165) is 66.6 Å². The summed E-state index contributed by atoms with van der Waals surface area (Å²) in [6.45, 7) is 5.03. The van der Waals surface area contributed by atoms with Crippen molar-refractivity contribution in [2.24, 2.45) is 0 Å². The molecule has 0 bridgehead atoms. The average Bonchev–Trinajstić information content (AvgIpc) is 3.23. The van der Waals surface area contributed by atoms with Gasteiger partial charge in [-0.2, -0.15) is 0 Å². The molecule has 0 atom stereocenters. The zero-order valence-electron chi connectivity index (χ0n) is 18.3. The van der Waals surface area contributed by atoms with Crippen LogP contribution in [0.5, 0.6) is 5.75 Å². The van der Waals surface area contributed by atoms with E-state index < -0.39 is 0 Å². The Bertz CT molecular complexity index is 1040. The summed E-state index contributed by atoms with van der Waals surface area (Å²) < 4.78 is 11.4. The average molecular weight is 456 g/mol. The number of halogens is 1. The van der Waals surface area contributed by atoms with Crippen LogP contribution in [0.15, 0.2) is 30.6 Å². The summed E-state index contributed by atoms with van der Waals surface area (Å²) in [4.78, 5) is 14.7. The number of H-pyrrole nitrogens is 1. The number of hydrogen-bond acceptors (Lipinski definition) is 6. The summed E-state index contributed by atoms with van der Waals surface area (Å²) in [7, 11) is 0. The molecular weight excluding hydrogens is 426 g/mol. The normalized spacial score (nSPS) is 18.2. The first-order chi connectivity index (χ1) is 15.7. The van der Waals surface area contributed by atoms with Crippen LogP contribution in [0.3, 0.4) is 0 Å². The summed E-state index contributed by atoms with van der Waals surface area (Å²) in [6.07, 6.45) is 9.99. The van der Waals surface area contributed by atoms with E-state index in [-0.39, 0.29) is 0 Å². The fraction of sp³-hybridized carbons (Fsp3) is 0.500. The van der Waals surface area contributed by atoms with Gasteiger partial charge in [-0.3, -0.25) is 4.90 Å². The van der Waals surface area contributed by atoms with Crippen LogP contribution in [0.4, 0.5) is 5.82 Å². The van der Waals surface area contributed by atoms with E-state index in [1.807, 2.05) is 12.3 Å². The third-order valence-corrected chi connectivity index (χ3v) is 6.54. The Labute approximate surface area is 193 Å². The van der Waals surface area contributed by atoms with E-state index in [0.29, 0.717) is 17.8 Å². The van der Waals surface area contributed by atoms with Gasteiger partial charge in [0.2, 0.25) is 0 Å². The summed E-state index contributed by atoms with van der Waals surface area (Å²) in [5.74, 6) is 1.60. The first-order valence-electron chi connectivity index (χ1n) is 11.6. The lowest BCUT2D eigenvalue weighted by molar-refractivity contribution is 0.0322. The number of fused-ring (bicyclic) bond motifs is 1. The summed E-state index contributed by atoms with van der Waals surface area (Å²) >= 11 is 6.39. The zero-order valence-corrected chi connectivity index (χ0v) is 19.0. The topological polar surface area (TPSA) is 75.3 Å². The molecule has 1 saturated carbocycles. The van der Waals surface area contributed by atoms with Gasteiger partial charge in [0.15, 0.2) is 0 Å². The van der Waals surface area contributed by atoms with Crippen LogP contribution in [0, 0.1) is 0 Å². The minimum absolute atomic E-state index is 0.471. The molecule has 0 amide bonds. The van der Waals surface area contributed by atoms with Gasteiger partial charge in [0.05, 0.1) is 19.4 Å². The number of pyridine rings is 2. The first-order valence-corrected chi connectivity index (χ1v) is 12.0. The molecular formula is C24H30ClN5O2. The third-order valence-electron chi connectivity index (χ3n) is 6.35. The molecule has 2 N–H and O–H groups in total. The fourth-order valence-corrected chi connectivity index (χ4v) is 4.81. The minimum atomic E-state index is 0.471. The molecule has 3 aromatic rings. The molecule has 3 aromatic heterocycles. The van der Waals surface area contributed by atoms with Gasteiger partial charge in [-0.25, -0.2) is 9.97 Å². The van der Waals surface area contributed by atoms with Gasteiger partial charge in [-0.1, -0.05) is 30.9 Å². The number of hydrogen-bond donors (Lipinski definition) is 2. The molecule has 2 aliphatic rings. The standard InChI is InChI=1S/C24H30ClN5O2/c25-22-12-17(13-23(29-22)28-18-4-2-1-3-5-18)21-16-27-24-20(21)14-19(15-26-24)32-11-8-30-6-9-31-10-7-30/h12-16,18H,1-11H2,(H,26,27)(H,28,29). The highest BCUT2D eigenvalue weighted by atomic mass is 35.5. The number of nitrogens with one attached hydrogen (secondary N) is 2. The van der Waals surface area contributed by atoms with E-state index in [4.69, 9.17) is 21.1 Å². The zero-order chi connectivity index (χ0) is 21.8. The van der Waals surface area contributed by atoms with Crippen molar-refractivity contribution in [1.29, 1.82) is 0 Å². The van der Waals surface area contributed by atoms with Crippen molar-refractivity contribution in [3.63, 3.8) is 0 Å². The second kappa shape index (κ2) is 10.1. The highest BCUT2D eigenvalue weighted by Crippen LogP contribution is 2.33. The van der Waals surface area contributed by atoms with E-state index in [1.54, 1.807) is 6.20 Å². The molecule has 170 valence electrons. The van der Waals surface area contributed by atoms with Crippen LogP contribution >= 0.6 is 11.6 Å². The summed E-state index contributed by atoms with van der Waals surface area (Å²) in [6, 6.07) is 6.51. The number of rotatable bonds is 7. The second-order valence-corrected chi connectivity index (χ2v) is 9.00. The van der Waals surface area contributed by atoms with Gasteiger partial charge >= 0.3 is 0 Å². The van der Waals surface area contributed by atoms with Gasteiger partial charge in [-0.15, -0.1) is 0 Å². The van der Waals surface area contributed by atoms with Crippen molar-refractivity contribution in [1.82, 2.24) is 19.9 Å². The number of ether oxygens (including phenoxy) is 2. The van der Waals surface area contributed by atoms with Crippen molar-refractivity contribution in [3.05, 3.63) is 35.7 Å². The third kappa shape index (κ3) is 5.17. The molecule has 5 rings (SSSR count). The molecule has 1 saturated heterocycles. The van der Waals surface area contributed by atoms with E-state index in [9.17, 15) is 0 Å². The molecule has 32 heavy (non-hydrogen) atoms. The molecule has 4 heterocycles. The largest absolute Gasteiger partial charge is 0.491 e. The minimum Gasteiger partial charge on any atom is -0.491 e. The van der Waals surface area contributed by atoms with Gasteiger partial charge < -0.3 is 19.8 Å². The molecule has 8 heteroatoms. The van der Waals surface area contributed by atoms with Crippen LogP contribution in [0.25, 0.3) is 22.2 Å². The van der Waals surface area contributed by atoms with Crippen molar-refractivity contribution < 1.29 is 9.47 Å². The predicted octanol–water partition coefficient (Wildman–Crippen LogP) is 4.73. The molecule has 7 nitrogen and oxygen atoms in total. The van der Waals surface area contributed by atoms with Crippen LogP contribution in [-0.4, -0.2) is 65.3 Å². The lowest BCUT2D eigenvalue weighted by Gasteiger charge is -2.26. The summed E-state index contributed by atoms with van der Waals surface area (Å²) in [5.41, 5.74) is 2.89. The fourth-order valence-electron chi connectivity index (χ4n) is 4.60. The Morgan fingerprint density at radius 2 is 2.00 bits per heavy atom. The molecule has 0 spiro atoms. The molecule has 0 aromatic carbocycles. The molecule has 0 unspecified atom stereocenters. The van der Waals surface area contributed by atoms with Gasteiger partial charge in [0, 0.05) is 42.8 Å². The number of nitrogens with zero attached hydrogens (tertiary/aromatic N) is 3. The van der Waals surface area contributed by atoms with Gasteiger partial charge in [0.25, 0.3) is 0 Å². The Kier molecular flexibility index (Phi) is 6.76. The second-order valence-electron chi connectivity index (χ2n) is 8.62. The monoisotopic (exact) mass is 455 g/mol. The molecule has 0 radical (unpaired) electrons. The van der Waals surface area contributed by atoms with Crippen molar-refractivity contribution in [2.45, 2.75) is 38.1 Å². The van der Waals surface area contributed by atoms with Crippen molar-refractivity contribution in [2.75, 3.05) is 44.8 Å². The van der Waals surface area contributed by atoms with Crippen LogP contribution in [0.1, 0.15) is 32.1 Å². The van der Waals surface area contributed by atoms with Gasteiger partial charge in [-0.05, 0) is 36.6 Å². The Hall–Kier alpha value is -2.35.